The molecule has 0 bridgehead atoms. The average Bonchev–Trinajstić information content (AvgIpc) is 2.45. The van der Waals surface area contributed by atoms with Gasteiger partial charge in [-0.3, -0.25) is 14.7 Å². The summed E-state index contributed by atoms with van der Waals surface area (Å²) in [5.74, 6) is 0.172. The van der Waals surface area contributed by atoms with Crippen molar-refractivity contribution in [2.24, 2.45) is 0 Å². The maximum Gasteiger partial charge on any atom is 0.239 e. The van der Waals surface area contributed by atoms with E-state index in [9.17, 15) is 4.79 Å². The first-order valence-electron chi connectivity index (χ1n) is 7.98. The van der Waals surface area contributed by atoms with Crippen molar-refractivity contribution in [3.05, 3.63) is 29.1 Å². The average molecular weight is 304 g/mol. The van der Waals surface area contributed by atoms with E-state index in [2.05, 4.69) is 40.9 Å². The number of piperazine rings is 1. The highest BCUT2D eigenvalue weighted by molar-refractivity contribution is 5.81. The second kappa shape index (κ2) is 7.20. The summed E-state index contributed by atoms with van der Waals surface area (Å²) in [6, 6.07) is 4.04. The molecular weight excluding hydrogens is 276 g/mol. The van der Waals surface area contributed by atoms with Crippen LogP contribution in [0.2, 0.25) is 0 Å². The number of aryl methyl sites for hydroxylation is 2. The molecule has 0 saturated carbocycles. The van der Waals surface area contributed by atoms with Gasteiger partial charge < -0.3 is 9.80 Å². The highest BCUT2D eigenvalue weighted by Crippen LogP contribution is 2.11. The first-order chi connectivity index (χ1) is 10.4. The minimum absolute atomic E-state index is 0.0652. The predicted octanol–water partition coefficient (Wildman–Crippen LogP) is 1.29. The van der Waals surface area contributed by atoms with Crippen LogP contribution in [0.4, 0.5) is 0 Å². The van der Waals surface area contributed by atoms with Gasteiger partial charge in [0.1, 0.15) is 0 Å². The van der Waals surface area contributed by atoms with E-state index in [1.54, 1.807) is 4.90 Å². The van der Waals surface area contributed by atoms with Crippen LogP contribution in [0.3, 0.4) is 0 Å². The van der Waals surface area contributed by atoms with Crippen LogP contribution in [0.25, 0.3) is 0 Å². The Kier molecular flexibility index (Phi) is 5.53. The largest absolute Gasteiger partial charge is 0.339 e. The molecule has 5 heteroatoms. The molecule has 1 saturated heterocycles. The Morgan fingerprint density at radius 2 is 1.91 bits per heavy atom. The van der Waals surface area contributed by atoms with Crippen LogP contribution >= 0.6 is 0 Å². The molecule has 1 aromatic rings. The highest BCUT2D eigenvalue weighted by atomic mass is 16.2. The van der Waals surface area contributed by atoms with Crippen LogP contribution in [0.15, 0.2) is 12.1 Å². The van der Waals surface area contributed by atoms with E-state index >= 15 is 0 Å². The molecule has 1 aromatic heterocycles. The van der Waals surface area contributed by atoms with Crippen molar-refractivity contribution in [3.63, 3.8) is 0 Å². The molecule has 1 amide bonds. The summed E-state index contributed by atoms with van der Waals surface area (Å²) in [5.41, 5.74) is 3.15. The number of carbonyl (C=O) groups is 1. The zero-order valence-corrected chi connectivity index (χ0v) is 14.5. The van der Waals surface area contributed by atoms with Crippen molar-refractivity contribution in [2.75, 3.05) is 40.3 Å². The lowest BCUT2D eigenvalue weighted by Gasteiger charge is -2.37. The van der Waals surface area contributed by atoms with E-state index < -0.39 is 0 Å². The number of nitrogens with zero attached hydrogens (tertiary/aromatic N) is 4. The van der Waals surface area contributed by atoms with Gasteiger partial charge in [0.2, 0.25) is 5.91 Å². The Morgan fingerprint density at radius 3 is 2.50 bits per heavy atom. The van der Waals surface area contributed by atoms with Crippen molar-refractivity contribution < 1.29 is 4.79 Å². The lowest BCUT2D eigenvalue weighted by atomic mass is 10.2. The van der Waals surface area contributed by atoms with Crippen molar-refractivity contribution >= 4 is 5.91 Å². The Morgan fingerprint density at radius 1 is 1.27 bits per heavy atom. The molecule has 2 heterocycles. The number of rotatable bonds is 4. The third kappa shape index (κ3) is 4.27. The number of pyridine rings is 1. The van der Waals surface area contributed by atoms with Gasteiger partial charge in [0.15, 0.2) is 0 Å². The lowest BCUT2D eigenvalue weighted by molar-refractivity contribution is -0.136. The van der Waals surface area contributed by atoms with Crippen LogP contribution in [-0.2, 0) is 11.3 Å². The number of hydrogen-bond acceptors (Lipinski definition) is 4. The topological polar surface area (TPSA) is 39.7 Å². The summed E-state index contributed by atoms with van der Waals surface area (Å²) >= 11 is 0. The van der Waals surface area contributed by atoms with Crippen LogP contribution in [0.5, 0.6) is 0 Å². The fraction of sp³-hybridized carbons (Fsp3) is 0.647. The molecule has 22 heavy (non-hydrogen) atoms. The molecule has 5 nitrogen and oxygen atoms in total. The highest BCUT2D eigenvalue weighted by Gasteiger charge is 2.26. The van der Waals surface area contributed by atoms with E-state index in [4.69, 9.17) is 0 Å². The standard InChI is InChI=1S/C17H28N4O/c1-13-10-14(2)18-16(11-13)12-20(5)17(22)15(3)21-8-6-19(4)7-9-21/h10-11,15H,6-9,12H2,1-5H3/t15-/m0/s1. The Hall–Kier alpha value is -1.46. The van der Waals surface area contributed by atoms with Crippen LogP contribution in [0.1, 0.15) is 23.9 Å². The van der Waals surface area contributed by atoms with Crippen LogP contribution in [0, 0.1) is 13.8 Å². The van der Waals surface area contributed by atoms with E-state index in [1.807, 2.05) is 20.9 Å². The Labute approximate surface area is 133 Å². The van der Waals surface area contributed by atoms with E-state index in [1.165, 1.54) is 5.56 Å². The Balaban J connectivity index is 1.96. The molecule has 1 atom stereocenters. The molecule has 0 spiro atoms. The van der Waals surface area contributed by atoms with Crippen molar-refractivity contribution in [1.82, 2.24) is 19.7 Å². The van der Waals surface area contributed by atoms with Gasteiger partial charge in [-0.15, -0.1) is 0 Å². The molecule has 122 valence electrons. The third-order valence-electron chi connectivity index (χ3n) is 4.37. The maximum atomic E-state index is 12.6. The maximum absolute atomic E-state index is 12.6. The zero-order chi connectivity index (χ0) is 16.3. The van der Waals surface area contributed by atoms with Gasteiger partial charge in [0.05, 0.1) is 18.3 Å². The number of amides is 1. The van der Waals surface area contributed by atoms with Crippen LogP contribution < -0.4 is 0 Å². The molecule has 1 fully saturated rings. The smallest absolute Gasteiger partial charge is 0.239 e. The fourth-order valence-corrected chi connectivity index (χ4v) is 3.01. The first-order valence-corrected chi connectivity index (χ1v) is 7.98. The van der Waals surface area contributed by atoms with Gasteiger partial charge in [-0.2, -0.15) is 0 Å². The molecule has 0 aliphatic carbocycles. The summed E-state index contributed by atoms with van der Waals surface area (Å²) in [5, 5.41) is 0. The first kappa shape index (κ1) is 16.9. The molecule has 0 unspecified atom stereocenters. The number of aromatic nitrogens is 1. The van der Waals surface area contributed by atoms with Gasteiger partial charge in [-0.1, -0.05) is 0 Å². The van der Waals surface area contributed by atoms with Gasteiger partial charge in [-0.25, -0.2) is 0 Å². The second-order valence-electron chi connectivity index (χ2n) is 6.49. The van der Waals surface area contributed by atoms with Crippen molar-refractivity contribution in [3.8, 4) is 0 Å². The minimum Gasteiger partial charge on any atom is -0.339 e. The SMILES string of the molecule is Cc1cc(C)nc(CN(C)C(=O)[C@H](C)N2CCN(C)CC2)c1. The number of likely N-dealkylation sites (N-methyl/N-ethyl adjacent to an activating group) is 2. The molecule has 2 rings (SSSR count). The van der Waals surface area contributed by atoms with Gasteiger partial charge in [-0.05, 0) is 45.5 Å². The van der Waals surface area contributed by atoms with Gasteiger partial charge in [0.25, 0.3) is 0 Å². The van der Waals surface area contributed by atoms with Gasteiger partial charge >= 0.3 is 0 Å². The number of carbonyl (C=O) groups excluding carboxylic acids is 1. The summed E-state index contributed by atoms with van der Waals surface area (Å²) in [6.07, 6.45) is 0. The molecule has 1 aliphatic heterocycles. The van der Waals surface area contributed by atoms with E-state index in [-0.39, 0.29) is 11.9 Å². The number of hydrogen-bond donors (Lipinski definition) is 0. The quantitative estimate of drug-likeness (QED) is 0.840. The summed E-state index contributed by atoms with van der Waals surface area (Å²) in [7, 11) is 4.00. The van der Waals surface area contributed by atoms with Crippen LogP contribution in [-0.4, -0.2) is 71.9 Å². The van der Waals surface area contributed by atoms with Crippen molar-refractivity contribution in [2.45, 2.75) is 33.4 Å². The molecule has 1 aliphatic rings. The summed E-state index contributed by atoms with van der Waals surface area (Å²) in [6.45, 7) is 10.6. The monoisotopic (exact) mass is 304 g/mol. The Bertz CT molecular complexity index is 503. The van der Waals surface area contributed by atoms with E-state index in [0.29, 0.717) is 6.54 Å². The molecular formula is C17H28N4O. The minimum atomic E-state index is -0.0652. The zero-order valence-electron chi connectivity index (χ0n) is 14.5. The summed E-state index contributed by atoms with van der Waals surface area (Å²) < 4.78 is 0. The molecule has 0 radical (unpaired) electrons. The third-order valence-corrected chi connectivity index (χ3v) is 4.37. The molecule has 0 aromatic carbocycles. The van der Waals surface area contributed by atoms with Gasteiger partial charge in [0, 0.05) is 38.9 Å². The molecule has 0 N–H and O–H groups in total. The lowest BCUT2D eigenvalue weighted by Crippen LogP contribution is -2.53. The second-order valence-corrected chi connectivity index (χ2v) is 6.49. The van der Waals surface area contributed by atoms with Crippen molar-refractivity contribution in [1.29, 1.82) is 0 Å². The van der Waals surface area contributed by atoms with E-state index in [0.717, 1.165) is 37.6 Å². The predicted molar refractivity (Wildman–Crippen MR) is 88.7 cm³/mol. The summed E-state index contributed by atoms with van der Waals surface area (Å²) in [4.78, 5) is 23.5. The fourth-order valence-electron chi connectivity index (χ4n) is 3.01. The normalized spacial score (nSPS) is 18.2.